The van der Waals surface area contributed by atoms with Crippen LogP contribution < -0.4 is 14.4 Å². The van der Waals surface area contributed by atoms with E-state index in [0.717, 1.165) is 42.9 Å². The van der Waals surface area contributed by atoms with E-state index in [1.807, 2.05) is 0 Å². The van der Waals surface area contributed by atoms with Gasteiger partial charge in [-0.05, 0) is 70.4 Å². The maximum Gasteiger partial charge on any atom is 0.243 e. The number of nitrogens with zero attached hydrogens (tertiary/aromatic N) is 2. The Morgan fingerprint density at radius 2 is 2.04 bits per heavy atom. The van der Waals surface area contributed by atoms with E-state index in [9.17, 15) is 13.2 Å². The molecule has 1 heterocycles. The smallest absolute Gasteiger partial charge is 0.243 e. The Hall–Kier alpha value is -1.51. The average molecular weight is 432 g/mol. The minimum Gasteiger partial charge on any atom is -0.495 e. The molecule has 7 nitrogen and oxygen atoms in total. The highest BCUT2D eigenvalue weighted by atomic mass is 35.5. The van der Waals surface area contributed by atoms with Gasteiger partial charge in [0, 0.05) is 11.6 Å². The van der Waals surface area contributed by atoms with Crippen LogP contribution in [0.25, 0.3) is 0 Å². The number of halogens is 1. The molecule has 158 valence electrons. The van der Waals surface area contributed by atoms with Gasteiger partial charge in [0.15, 0.2) is 0 Å². The summed E-state index contributed by atoms with van der Waals surface area (Å²) in [6, 6.07) is 3.75. The number of sulfonamides is 1. The predicted octanol–water partition coefficient (Wildman–Crippen LogP) is 2.35. The fourth-order valence-electron chi connectivity index (χ4n) is 3.51. The Bertz CT molecular complexity index is 779. The predicted molar refractivity (Wildman–Crippen MR) is 113 cm³/mol. The number of amides is 1. The molecule has 1 unspecified atom stereocenters. The fourth-order valence-corrected chi connectivity index (χ4v) is 4.85. The Morgan fingerprint density at radius 3 is 2.61 bits per heavy atom. The van der Waals surface area contributed by atoms with Crippen LogP contribution in [0.2, 0.25) is 5.02 Å². The van der Waals surface area contributed by atoms with Crippen molar-refractivity contribution in [3.05, 3.63) is 23.2 Å². The SMILES string of the molecule is COc1ccc(Cl)cc1N(C(C)C(=O)NCCC1CCN(C)CC1)S(C)(=O)=O. The monoisotopic (exact) mass is 431 g/mol. The molecule has 9 heteroatoms. The molecule has 1 saturated heterocycles. The molecule has 0 aromatic heterocycles. The van der Waals surface area contributed by atoms with Gasteiger partial charge in [-0.1, -0.05) is 11.6 Å². The number of likely N-dealkylation sites (tertiary alicyclic amines) is 1. The van der Waals surface area contributed by atoms with Crippen LogP contribution in [0.15, 0.2) is 18.2 Å². The molecule has 0 radical (unpaired) electrons. The van der Waals surface area contributed by atoms with Crippen molar-refractivity contribution < 1.29 is 17.9 Å². The number of benzene rings is 1. The number of carbonyl (C=O) groups excluding carboxylic acids is 1. The quantitative estimate of drug-likeness (QED) is 0.683. The van der Waals surface area contributed by atoms with Crippen LogP contribution >= 0.6 is 11.6 Å². The van der Waals surface area contributed by atoms with Crippen molar-refractivity contribution in [2.75, 3.05) is 44.4 Å². The van der Waals surface area contributed by atoms with Crippen molar-refractivity contribution >= 4 is 33.2 Å². The van der Waals surface area contributed by atoms with Crippen molar-refractivity contribution in [2.45, 2.75) is 32.2 Å². The molecule has 1 aromatic carbocycles. The highest BCUT2D eigenvalue weighted by Crippen LogP contribution is 2.34. The largest absolute Gasteiger partial charge is 0.495 e. The number of methoxy groups -OCH3 is 1. The summed E-state index contributed by atoms with van der Waals surface area (Å²) in [4.78, 5) is 15.0. The average Bonchev–Trinajstić information content (AvgIpc) is 2.62. The Morgan fingerprint density at radius 1 is 1.39 bits per heavy atom. The lowest BCUT2D eigenvalue weighted by atomic mass is 9.94. The molecule has 1 fully saturated rings. The normalized spacial score (nSPS) is 17.2. The van der Waals surface area contributed by atoms with Crippen molar-refractivity contribution in [2.24, 2.45) is 5.92 Å². The van der Waals surface area contributed by atoms with Crippen LogP contribution in [0.5, 0.6) is 5.75 Å². The van der Waals surface area contributed by atoms with Crippen molar-refractivity contribution in [1.29, 1.82) is 0 Å². The van der Waals surface area contributed by atoms with Gasteiger partial charge in [-0.2, -0.15) is 0 Å². The van der Waals surface area contributed by atoms with Crippen LogP contribution in [0.1, 0.15) is 26.2 Å². The fraction of sp³-hybridized carbons (Fsp3) is 0.632. The number of hydrogen-bond acceptors (Lipinski definition) is 5. The van der Waals surface area contributed by atoms with Crippen LogP contribution in [0.3, 0.4) is 0 Å². The summed E-state index contributed by atoms with van der Waals surface area (Å²) in [5.74, 6) is 0.576. The van der Waals surface area contributed by atoms with Gasteiger partial charge in [0.2, 0.25) is 15.9 Å². The van der Waals surface area contributed by atoms with Crippen LogP contribution in [-0.2, 0) is 14.8 Å². The minimum atomic E-state index is -3.73. The van der Waals surface area contributed by atoms with Crippen LogP contribution in [-0.4, -0.2) is 65.3 Å². The summed E-state index contributed by atoms with van der Waals surface area (Å²) in [6.45, 7) is 4.24. The molecule has 0 aliphatic carbocycles. The van der Waals surface area contributed by atoms with Gasteiger partial charge in [-0.3, -0.25) is 9.10 Å². The highest BCUT2D eigenvalue weighted by molar-refractivity contribution is 7.92. The first-order valence-corrected chi connectivity index (χ1v) is 11.6. The molecule has 1 aromatic rings. The summed E-state index contributed by atoms with van der Waals surface area (Å²) in [6.07, 6.45) is 4.20. The Balaban J connectivity index is 2.08. The van der Waals surface area contributed by atoms with E-state index in [1.54, 1.807) is 19.1 Å². The highest BCUT2D eigenvalue weighted by Gasteiger charge is 2.31. The topological polar surface area (TPSA) is 79.0 Å². The molecular weight excluding hydrogens is 402 g/mol. The van der Waals surface area contributed by atoms with E-state index >= 15 is 0 Å². The maximum atomic E-state index is 12.7. The van der Waals surface area contributed by atoms with Gasteiger partial charge in [-0.25, -0.2) is 8.42 Å². The van der Waals surface area contributed by atoms with Gasteiger partial charge in [0.1, 0.15) is 11.8 Å². The lowest BCUT2D eigenvalue weighted by Gasteiger charge is -2.30. The number of ether oxygens (including phenoxy) is 1. The molecule has 0 spiro atoms. The van der Waals surface area contributed by atoms with Crippen molar-refractivity contribution in [3.8, 4) is 5.75 Å². The second-order valence-electron chi connectivity index (χ2n) is 7.38. The summed E-state index contributed by atoms with van der Waals surface area (Å²) < 4.78 is 31.2. The second kappa shape index (κ2) is 9.80. The lowest BCUT2D eigenvalue weighted by Crippen LogP contribution is -2.48. The van der Waals surface area contributed by atoms with E-state index in [1.165, 1.54) is 13.2 Å². The van der Waals surface area contributed by atoms with E-state index in [2.05, 4.69) is 17.3 Å². The summed E-state index contributed by atoms with van der Waals surface area (Å²) in [5, 5.41) is 3.24. The van der Waals surface area contributed by atoms with Crippen molar-refractivity contribution in [3.63, 3.8) is 0 Å². The van der Waals surface area contributed by atoms with Gasteiger partial charge >= 0.3 is 0 Å². The van der Waals surface area contributed by atoms with Gasteiger partial charge < -0.3 is 15.0 Å². The van der Waals surface area contributed by atoms with E-state index < -0.39 is 16.1 Å². The van der Waals surface area contributed by atoms with Gasteiger partial charge in [-0.15, -0.1) is 0 Å². The molecule has 1 atom stereocenters. The molecule has 0 saturated carbocycles. The Kier molecular flexibility index (Phi) is 7.97. The van der Waals surface area contributed by atoms with E-state index in [4.69, 9.17) is 16.3 Å². The van der Waals surface area contributed by atoms with E-state index in [-0.39, 0.29) is 11.6 Å². The molecule has 1 aliphatic heterocycles. The summed E-state index contributed by atoms with van der Waals surface area (Å²) in [5.41, 5.74) is 0.246. The van der Waals surface area contributed by atoms with Crippen LogP contribution in [0.4, 0.5) is 5.69 Å². The standard InChI is InChI=1S/C19H30ClN3O4S/c1-14(19(24)21-10-7-15-8-11-22(2)12-9-15)23(28(4,25)26)17-13-16(20)5-6-18(17)27-3/h5-6,13-15H,7-12H2,1-4H3,(H,21,24). The molecule has 0 bridgehead atoms. The summed E-state index contributed by atoms with van der Waals surface area (Å²) in [7, 11) is -0.176. The molecular formula is C19H30ClN3O4S. The van der Waals surface area contributed by atoms with Gasteiger partial charge in [0.05, 0.1) is 19.1 Å². The number of piperidine rings is 1. The number of rotatable bonds is 8. The zero-order valence-corrected chi connectivity index (χ0v) is 18.5. The number of carbonyl (C=O) groups is 1. The third-order valence-corrected chi connectivity index (χ3v) is 6.62. The maximum absolute atomic E-state index is 12.7. The van der Waals surface area contributed by atoms with Crippen molar-refractivity contribution in [1.82, 2.24) is 10.2 Å². The van der Waals surface area contributed by atoms with Gasteiger partial charge in [0.25, 0.3) is 0 Å². The first-order chi connectivity index (χ1) is 13.1. The minimum absolute atomic E-state index is 0.246. The Labute approximate surface area is 173 Å². The third kappa shape index (κ3) is 5.99. The molecule has 1 aliphatic rings. The second-order valence-corrected chi connectivity index (χ2v) is 9.67. The third-order valence-electron chi connectivity index (χ3n) is 5.16. The summed E-state index contributed by atoms with van der Waals surface area (Å²) >= 11 is 6.05. The number of nitrogens with one attached hydrogen (secondary N) is 1. The van der Waals surface area contributed by atoms with E-state index in [0.29, 0.717) is 23.2 Å². The molecule has 2 rings (SSSR count). The first-order valence-electron chi connectivity index (χ1n) is 9.42. The van der Waals surface area contributed by atoms with Crippen LogP contribution in [0, 0.1) is 5.92 Å². The molecule has 28 heavy (non-hydrogen) atoms. The number of hydrogen-bond donors (Lipinski definition) is 1. The zero-order chi connectivity index (χ0) is 20.9. The number of anilines is 1. The lowest BCUT2D eigenvalue weighted by molar-refractivity contribution is -0.121. The first kappa shape index (κ1) is 22.8. The zero-order valence-electron chi connectivity index (χ0n) is 16.9. The molecule has 1 amide bonds. The molecule has 1 N–H and O–H groups in total.